The summed E-state index contributed by atoms with van der Waals surface area (Å²) in [6.07, 6.45) is 45.0. The van der Waals surface area contributed by atoms with Crippen LogP contribution in [0.3, 0.4) is 0 Å². The Kier molecular flexibility index (Phi) is 33.9. The Hall–Kier alpha value is -9.28. The Labute approximate surface area is 752 Å². The van der Waals surface area contributed by atoms with E-state index in [1.165, 1.54) is 127 Å². The zero-order valence-corrected chi connectivity index (χ0v) is 79.2. The molecule has 7 N–H and O–H groups in total. The van der Waals surface area contributed by atoms with E-state index in [9.17, 15) is 35.7 Å². The molecule has 0 spiro atoms. The van der Waals surface area contributed by atoms with E-state index in [-0.39, 0.29) is 81.2 Å². The van der Waals surface area contributed by atoms with E-state index in [0.29, 0.717) is 46.1 Å². The van der Waals surface area contributed by atoms with Crippen molar-refractivity contribution in [3.63, 3.8) is 0 Å². The smallest absolute Gasteiger partial charge is 0.127 e. The van der Waals surface area contributed by atoms with Gasteiger partial charge < -0.3 is 50.0 Å². The second-order valence-corrected chi connectivity index (χ2v) is 40.2. The van der Waals surface area contributed by atoms with Crippen LogP contribution in [-0.4, -0.2) is 52.5 Å². The largest absolute Gasteiger partial charge is 0.507 e. The fourth-order valence-corrected chi connectivity index (χ4v) is 21.6. The predicted octanol–water partition coefficient (Wildman–Crippen LogP) is 30.6. The Morgan fingerprint density at radius 2 is 0.528 bits per heavy atom. The van der Waals surface area contributed by atoms with Crippen molar-refractivity contribution in [1.29, 1.82) is 0 Å². The number of aryl methyl sites for hydroxylation is 7. The third-order valence-corrected chi connectivity index (χ3v) is 28.7. The first-order chi connectivity index (χ1) is 59.7. The van der Waals surface area contributed by atoms with Crippen molar-refractivity contribution >= 4 is 0 Å². The third-order valence-electron chi connectivity index (χ3n) is 28.7. The van der Waals surface area contributed by atoms with Crippen LogP contribution in [0.4, 0.5) is 0 Å². The van der Waals surface area contributed by atoms with Gasteiger partial charge in [0.2, 0.25) is 0 Å². The SMILES string of the molecule is C=C(C)[C@@H]1CCC(C)=C[C@H]1c1c(O)cc(CCCCCCC)cc1O.C=C(C)[C@@H]1CCC(C)=C[C@H]1c1c(O)cc(CCc2ccccc2)cc1O.CC1=C[C@H]2c3c(O)cc(CCc4ccccc4)cc3OC(C)(C)[C@H]2CC1.CCCCCCCc1cc(O)c2c(c1)OC(C)(C)[C@@H]1CCC(C)=C[C@@H]21.CCCCCc1cc(O)c2c(c1)OC(C)(C)[C@@H]1CCC(C)=C[C@@H]21. The highest BCUT2D eigenvalue weighted by Gasteiger charge is 2.49. The van der Waals surface area contributed by atoms with Crippen molar-refractivity contribution in [3.05, 3.63) is 271 Å². The summed E-state index contributed by atoms with van der Waals surface area (Å²) in [6, 6.07) is 40.5. The lowest BCUT2D eigenvalue weighted by atomic mass is 9.68. The topological polar surface area (TPSA) is 169 Å². The standard InChI is InChI=1S/2C24H28O2.2C23H34O2.C21H30O2/c1-16-9-12-20-19(13-16)23-21(25)14-18(15-22(23)26-24(20,2)3)11-10-17-7-5-4-6-8-17;1-16(2)20-12-9-17(3)13-21(20)24-22(25)14-19(15-23(24)26)11-10-18-7-5-4-6-8-18;1-5-6-7-8-9-10-17-14-20(24)22-18-13-16(2)11-12-19(18)23(3,4)25-21(22)15-17;1-5-6-7-8-9-10-18-14-21(24)23(22(25)15-18)20-13-17(4)11-12-19(20)16(2)3;1-5-6-7-8-15-12-18(22)20-16-11-14(2)9-10-17(16)21(3,4)23-19(20)13-15/h4-8,13-15,19-20,25H,9-12H2,1-3H3;4-8,13-15,20-21,25-26H,1,9-12H2,2-3H3;13-15,18-19,24H,5-12H2,1-4H3;13-15,19-20,24-25H,2,5-12H2,1,3-4H3;11-13,16-17,22H,5-10H2,1-4H3/t19-,20+;20-,21+;18-,19-;19-,20+;16-,17-/m10101/s1. The first-order valence-corrected chi connectivity index (χ1v) is 48.2. The molecule has 10 nitrogen and oxygen atoms in total. The van der Waals surface area contributed by atoms with Crippen LogP contribution >= 0.6 is 0 Å². The van der Waals surface area contributed by atoms with E-state index in [0.717, 1.165) is 177 Å². The van der Waals surface area contributed by atoms with Gasteiger partial charge in [-0.15, -0.1) is 0 Å². The van der Waals surface area contributed by atoms with Gasteiger partial charge in [-0.3, -0.25) is 0 Å². The van der Waals surface area contributed by atoms with Gasteiger partial charge in [0.15, 0.2) is 0 Å². The lowest BCUT2D eigenvalue weighted by Crippen LogP contribution is -2.45. The number of unbranched alkanes of at least 4 members (excludes halogenated alkanes) is 10. The molecular weight excluding hydrogens is 1540 g/mol. The molecule has 5 aliphatic carbocycles. The number of aromatic hydroxyl groups is 7. The van der Waals surface area contributed by atoms with Gasteiger partial charge in [0.1, 0.15) is 74.3 Å². The molecule has 3 aliphatic heterocycles. The number of phenols is 7. The molecule has 10 atom stereocenters. The van der Waals surface area contributed by atoms with Gasteiger partial charge in [-0.1, -0.05) is 228 Å². The molecule has 0 aromatic heterocycles. The molecule has 0 saturated carbocycles. The van der Waals surface area contributed by atoms with E-state index in [1.54, 1.807) is 0 Å². The summed E-state index contributed by atoms with van der Waals surface area (Å²) in [7, 11) is 0. The van der Waals surface area contributed by atoms with Crippen LogP contribution in [0.25, 0.3) is 0 Å². The molecule has 0 saturated heterocycles. The van der Waals surface area contributed by atoms with E-state index in [2.05, 4.69) is 195 Å². The van der Waals surface area contributed by atoms with Gasteiger partial charge in [0.05, 0.1) is 0 Å². The molecule has 125 heavy (non-hydrogen) atoms. The van der Waals surface area contributed by atoms with Crippen molar-refractivity contribution in [2.75, 3.05) is 0 Å². The van der Waals surface area contributed by atoms with Crippen molar-refractivity contribution in [3.8, 4) is 57.5 Å². The van der Waals surface area contributed by atoms with Crippen LogP contribution in [0.15, 0.2) is 204 Å². The minimum absolute atomic E-state index is 0.00979. The number of fused-ring (bicyclic) bond motifs is 9. The normalized spacial score (nSPS) is 22.5. The van der Waals surface area contributed by atoms with Gasteiger partial charge in [0, 0.05) is 75.2 Å². The Morgan fingerprint density at radius 3 is 0.824 bits per heavy atom. The number of allylic oxidation sites excluding steroid dienone is 12. The summed E-state index contributed by atoms with van der Waals surface area (Å²) in [6.45, 7) is 43.1. The second kappa shape index (κ2) is 44.0. The van der Waals surface area contributed by atoms with Crippen LogP contribution in [0, 0.1) is 29.6 Å². The number of hydrogen-bond acceptors (Lipinski definition) is 10. The number of rotatable bonds is 26. The Balaban J connectivity index is 0.000000152. The van der Waals surface area contributed by atoms with Crippen molar-refractivity contribution < 1.29 is 50.0 Å². The molecule has 8 aliphatic rings. The van der Waals surface area contributed by atoms with Crippen molar-refractivity contribution in [2.24, 2.45) is 29.6 Å². The molecule has 0 radical (unpaired) electrons. The van der Waals surface area contributed by atoms with E-state index in [1.807, 2.05) is 80.6 Å². The summed E-state index contributed by atoms with van der Waals surface area (Å²) in [4.78, 5) is 0. The lowest BCUT2D eigenvalue weighted by Gasteiger charge is -2.46. The van der Waals surface area contributed by atoms with Crippen molar-refractivity contribution in [1.82, 2.24) is 0 Å². The minimum atomic E-state index is -0.209. The molecule has 674 valence electrons. The average molecular weight is 1700 g/mol. The van der Waals surface area contributed by atoms with Gasteiger partial charge in [0.25, 0.3) is 0 Å². The molecule has 0 bridgehead atoms. The summed E-state index contributed by atoms with van der Waals surface area (Å²) in [5, 5.41) is 74.9. The average Bonchev–Trinajstić information content (AvgIpc) is 0.749. The zero-order chi connectivity index (χ0) is 90.0. The maximum atomic E-state index is 10.8. The second-order valence-electron chi connectivity index (χ2n) is 40.2. The highest BCUT2D eigenvalue weighted by Crippen LogP contribution is 2.58. The first kappa shape index (κ1) is 96.4. The molecule has 7 aromatic rings. The number of hydrogen-bond donors (Lipinski definition) is 7. The molecule has 10 heteroatoms. The molecule has 0 unspecified atom stereocenters. The van der Waals surface area contributed by atoms with E-state index in [4.69, 9.17) is 14.2 Å². The summed E-state index contributed by atoms with van der Waals surface area (Å²) in [5.74, 6) is 7.40. The van der Waals surface area contributed by atoms with E-state index < -0.39 is 0 Å². The Bertz CT molecular complexity index is 4920. The molecule has 15 rings (SSSR count). The van der Waals surface area contributed by atoms with Crippen LogP contribution in [0.1, 0.15) is 355 Å². The van der Waals surface area contributed by atoms with Gasteiger partial charge in [-0.25, -0.2) is 0 Å². The van der Waals surface area contributed by atoms with E-state index >= 15 is 0 Å². The molecule has 0 amide bonds. The maximum absolute atomic E-state index is 10.8. The molecule has 0 fully saturated rings. The van der Waals surface area contributed by atoms with Crippen molar-refractivity contribution in [2.45, 2.75) is 350 Å². The van der Waals surface area contributed by atoms with Crippen LogP contribution < -0.4 is 14.2 Å². The van der Waals surface area contributed by atoms with Gasteiger partial charge in [-0.2, -0.15) is 0 Å². The predicted molar refractivity (Wildman–Crippen MR) is 520 cm³/mol. The summed E-state index contributed by atoms with van der Waals surface area (Å²) >= 11 is 0. The summed E-state index contributed by atoms with van der Waals surface area (Å²) < 4.78 is 19.2. The van der Waals surface area contributed by atoms with Crippen LogP contribution in [0.2, 0.25) is 0 Å². The third kappa shape index (κ3) is 24.9. The number of phenolic OH excluding ortho intramolecular Hbond substituents is 7. The van der Waals surface area contributed by atoms with Gasteiger partial charge in [-0.05, 0) is 330 Å². The maximum Gasteiger partial charge on any atom is 0.127 e. The Morgan fingerprint density at radius 1 is 0.296 bits per heavy atom. The highest BCUT2D eigenvalue weighted by atomic mass is 16.5. The fourth-order valence-electron chi connectivity index (χ4n) is 21.6. The quantitative estimate of drug-likeness (QED) is 0.0205. The van der Waals surface area contributed by atoms with Crippen LogP contribution in [0.5, 0.6) is 57.5 Å². The highest BCUT2D eigenvalue weighted by molar-refractivity contribution is 5.58. The fraction of sp³-hybridized carbons (Fsp3) is 0.513. The zero-order valence-electron chi connectivity index (χ0n) is 79.2. The molecule has 7 aromatic carbocycles. The summed E-state index contributed by atoms with van der Waals surface area (Å²) in [5.41, 5.74) is 21.0. The lowest BCUT2D eigenvalue weighted by molar-refractivity contribution is 0.0104. The molecular formula is C115H154O10. The first-order valence-electron chi connectivity index (χ1n) is 48.2. The molecule has 3 heterocycles. The monoisotopic (exact) mass is 1700 g/mol. The minimum Gasteiger partial charge on any atom is -0.507 e. The number of benzene rings is 7. The number of ether oxygens (including phenoxy) is 3. The van der Waals surface area contributed by atoms with Gasteiger partial charge >= 0.3 is 0 Å². The van der Waals surface area contributed by atoms with Crippen LogP contribution in [-0.2, 0) is 44.9 Å².